The van der Waals surface area contributed by atoms with Gasteiger partial charge in [0.05, 0.1) is 30.6 Å². The average molecular weight is 370 g/mol. The van der Waals surface area contributed by atoms with Crippen molar-refractivity contribution in [1.29, 1.82) is 0 Å². The number of aliphatic hydroxyl groups excluding tert-OH is 1. The zero-order valence-corrected chi connectivity index (χ0v) is 14.2. The number of anilines is 2. The second-order valence-electron chi connectivity index (χ2n) is 5.98. The maximum absolute atomic E-state index is 14.0. The van der Waals surface area contributed by atoms with Crippen molar-refractivity contribution < 1.29 is 13.9 Å². The molecule has 0 fully saturated rings. The molecule has 3 heterocycles. The van der Waals surface area contributed by atoms with Gasteiger partial charge in [-0.3, -0.25) is 9.78 Å². The molecular formula is C18H16F2N6O. The fourth-order valence-corrected chi connectivity index (χ4v) is 2.86. The van der Waals surface area contributed by atoms with E-state index >= 15 is 0 Å². The SMILES string of the molecule is OCCn1ccc(Nc2cc3[nH]ncc3c(Cc3c(F)cccc3F)n2)n1. The van der Waals surface area contributed by atoms with E-state index in [0.717, 1.165) is 0 Å². The fourth-order valence-electron chi connectivity index (χ4n) is 2.86. The molecule has 1 aromatic carbocycles. The molecule has 0 aliphatic heterocycles. The summed E-state index contributed by atoms with van der Waals surface area (Å²) in [5, 5.41) is 23.8. The number of aliphatic hydroxyl groups is 1. The summed E-state index contributed by atoms with van der Waals surface area (Å²) >= 11 is 0. The number of pyridine rings is 1. The minimum absolute atomic E-state index is 0.0109. The Bertz CT molecular complexity index is 1070. The number of fused-ring (bicyclic) bond motifs is 1. The standard InChI is InChI=1S/C18H16F2N6O/c19-13-2-1-3-14(20)11(13)8-15-12-10-21-24-16(12)9-18(22-15)23-17-4-5-26(25-17)6-7-27/h1-5,9-10,27H,6-8H2,(H,21,24)(H,22,23,25). The van der Waals surface area contributed by atoms with Crippen LogP contribution < -0.4 is 5.32 Å². The summed E-state index contributed by atoms with van der Waals surface area (Å²) in [7, 11) is 0. The molecule has 9 heteroatoms. The number of hydrogen-bond acceptors (Lipinski definition) is 5. The lowest BCUT2D eigenvalue weighted by molar-refractivity contribution is 0.269. The van der Waals surface area contributed by atoms with Gasteiger partial charge in [-0.25, -0.2) is 13.8 Å². The van der Waals surface area contributed by atoms with Gasteiger partial charge < -0.3 is 10.4 Å². The lowest BCUT2D eigenvalue weighted by Crippen LogP contribution is -2.04. The van der Waals surface area contributed by atoms with Gasteiger partial charge in [0, 0.05) is 35.7 Å². The Balaban J connectivity index is 1.69. The van der Waals surface area contributed by atoms with E-state index in [4.69, 9.17) is 5.11 Å². The van der Waals surface area contributed by atoms with Crippen molar-refractivity contribution in [2.75, 3.05) is 11.9 Å². The summed E-state index contributed by atoms with van der Waals surface area (Å²) in [5.74, 6) is -0.227. The number of benzene rings is 1. The third-order valence-electron chi connectivity index (χ3n) is 4.15. The van der Waals surface area contributed by atoms with Crippen LogP contribution in [-0.2, 0) is 13.0 Å². The molecule has 3 aromatic heterocycles. The highest BCUT2D eigenvalue weighted by atomic mass is 19.1. The first-order valence-corrected chi connectivity index (χ1v) is 8.31. The van der Waals surface area contributed by atoms with Crippen molar-refractivity contribution in [3.63, 3.8) is 0 Å². The summed E-state index contributed by atoms with van der Waals surface area (Å²) in [5.41, 5.74) is 1.13. The maximum atomic E-state index is 14.0. The molecule has 0 saturated carbocycles. The highest BCUT2D eigenvalue weighted by Gasteiger charge is 2.15. The van der Waals surface area contributed by atoms with E-state index in [2.05, 4.69) is 25.6 Å². The van der Waals surface area contributed by atoms with Crippen LogP contribution in [0, 0.1) is 11.6 Å². The molecule has 0 saturated heterocycles. The van der Waals surface area contributed by atoms with Gasteiger partial charge in [-0.15, -0.1) is 0 Å². The van der Waals surface area contributed by atoms with E-state index in [1.807, 2.05) is 0 Å². The molecule has 4 aromatic rings. The summed E-state index contributed by atoms with van der Waals surface area (Å²) in [6.07, 6.45) is 3.29. The predicted octanol–water partition coefficient (Wildman–Crippen LogP) is 2.76. The molecule has 0 bridgehead atoms. The first kappa shape index (κ1) is 17.1. The van der Waals surface area contributed by atoms with Crippen molar-refractivity contribution >= 4 is 22.5 Å². The van der Waals surface area contributed by atoms with Crippen LogP contribution >= 0.6 is 0 Å². The van der Waals surface area contributed by atoms with E-state index in [-0.39, 0.29) is 18.6 Å². The van der Waals surface area contributed by atoms with Crippen molar-refractivity contribution in [3.05, 3.63) is 65.6 Å². The Morgan fingerprint density at radius 3 is 2.74 bits per heavy atom. The lowest BCUT2D eigenvalue weighted by atomic mass is 10.1. The third-order valence-corrected chi connectivity index (χ3v) is 4.15. The fraction of sp³-hybridized carbons (Fsp3) is 0.167. The monoisotopic (exact) mass is 370 g/mol. The Labute approximate surface area is 152 Å². The lowest BCUT2D eigenvalue weighted by Gasteiger charge is -2.09. The number of hydrogen-bond donors (Lipinski definition) is 3. The second-order valence-corrected chi connectivity index (χ2v) is 5.98. The summed E-state index contributed by atoms with van der Waals surface area (Å²) in [6.45, 7) is 0.365. The number of halogens is 2. The summed E-state index contributed by atoms with van der Waals surface area (Å²) < 4.78 is 29.7. The normalized spacial score (nSPS) is 11.2. The van der Waals surface area contributed by atoms with Gasteiger partial charge >= 0.3 is 0 Å². The van der Waals surface area contributed by atoms with E-state index in [9.17, 15) is 8.78 Å². The number of nitrogens with zero attached hydrogens (tertiary/aromatic N) is 4. The van der Waals surface area contributed by atoms with Crippen LogP contribution in [-0.4, -0.2) is 36.7 Å². The topological polar surface area (TPSA) is 91.7 Å². The van der Waals surface area contributed by atoms with E-state index in [0.29, 0.717) is 34.8 Å². The van der Waals surface area contributed by atoms with Gasteiger partial charge in [0.1, 0.15) is 17.5 Å². The summed E-state index contributed by atoms with van der Waals surface area (Å²) in [6, 6.07) is 7.26. The number of H-pyrrole nitrogens is 1. The third kappa shape index (κ3) is 3.49. The largest absolute Gasteiger partial charge is 0.394 e. The molecule has 0 aliphatic carbocycles. The molecule has 3 N–H and O–H groups in total. The van der Waals surface area contributed by atoms with Gasteiger partial charge in [0.15, 0.2) is 5.82 Å². The van der Waals surface area contributed by atoms with Crippen LogP contribution in [0.15, 0.2) is 42.7 Å². The van der Waals surface area contributed by atoms with E-state index < -0.39 is 11.6 Å². The quantitative estimate of drug-likeness (QED) is 0.485. The average Bonchev–Trinajstić information content (AvgIpc) is 3.28. The molecule has 0 radical (unpaired) electrons. The van der Waals surface area contributed by atoms with E-state index in [1.54, 1.807) is 29.2 Å². The van der Waals surface area contributed by atoms with Gasteiger partial charge in [-0.1, -0.05) is 6.07 Å². The second kappa shape index (κ2) is 7.12. The molecule has 0 spiro atoms. The molecule has 0 atom stereocenters. The molecular weight excluding hydrogens is 354 g/mol. The molecule has 0 amide bonds. The van der Waals surface area contributed by atoms with Crippen molar-refractivity contribution in [3.8, 4) is 0 Å². The maximum Gasteiger partial charge on any atom is 0.153 e. The highest BCUT2D eigenvalue weighted by molar-refractivity contribution is 5.83. The Morgan fingerprint density at radius 1 is 1.15 bits per heavy atom. The van der Waals surface area contributed by atoms with Crippen molar-refractivity contribution in [2.24, 2.45) is 0 Å². The number of aromatic nitrogens is 5. The molecule has 0 aliphatic rings. The van der Waals surface area contributed by atoms with Gasteiger partial charge in [0.2, 0.25) is 0 Å². The van der Waals surface area contributed by atoms with E-state index in [1.165, 1.54) is 18.2 Å². The molecule has 27 heavy (non-hydrogen) atoms. The van der Waals surface area contributed by atoms with Crippen LogP contribution in [0.25, 0.3) is 10.9 Å². The van der Waals surface area contributed by atoms with Crippen LogP contribution in [0.3, 0.4) is 0 Å². The highest BCUT2D eigenvalue weighted by Crippen LogP contribution is 2.25. The first-order chi connectivity index (χ1) is 13.1. The minimum atomic E-state index is -0.616. The van der Waals surface area contributed by atoms with Gasteiger partial charge in [-0.05, 0) is 12.1 Å². The summed E-state index contributed by atoms with van der Waals surface area (Å²) in [4.78, 5) is 4.50. The zero-order valence-electron chi connectivity index (χ0n) is 14.2. The van der Waals surface area contributed by atoms with Crippen LogP contribution in [0.4, 0.5) is 20.4 Å². The smallest absolute Gasteiger partial charge is 0.153 e. The van der Waals surface area contributed by atoms with Crippen LogP contribution in [0.5, 0.6) is 0 Å². The zero-order chi connectivity index (χ0) is 18.8. The Hall–Kier alpha value is -3.33. The molecule has 0 unspecified atom stereocenters. The predicted molar refractivity (Wildman–Crippen MR) is 95.6 cm³/mol. The van der Waals surface area contributed by atoms with Crippen molar-refractivity contribution in [2.45, 2.75) is 13.0 Å². The number of nitrogens with one attached hydrogen (secondary N) is 2. The Morgan fingerprint density at radius 2 is 1.96 bits per heavy atom. The minimum Gasteiger partial charge on any atom is -0.394 e. The first-order valence-electron chi connectivity index (χ1n) is 8.31. The van der Waals surface area contributed by atoms with Crippen LogP contribution in [0.1, 0.15) is 11.3 Å². The van der Waals surface area contributed by atoms with Crippen LogP contribution in [0.2, 0.25) is 0 Å². The van der Waals surface area contributed by atoms with Gasteiger partial charge in [0.25, 0.3) is 0 Å². The van der Waals surface area contributed by atoms with Crippen molar-refractivity contribution in [1.82, 2.24) is 25.0 Å². The molecule has 138 valence electrons. The molecule has 4 rings (SSSR count). The number of aromatic amines is 1. The Kier molecular flexibility index (Phi) is 4.51. The molecule has 7 nitrogen and oxygen atoms in total. The van der Waals surface area contributed by atoms with Gasteiger partial charge in [-0.2, -0.15) is 10.2 Å². The number of rotatable bonds is 6.